The third kappa shape index (κ3) is 5.40. The van der Waals surface area contributed by atoms with Gasteiger partial charge in [-0.2, -0.15) is 18.2 Å². The lowest BCUT2D eigenvalue weighted by Crippen LogP contribution is -2.26. The molecule has 0 unspecified atom stereocenters. The molecule has 152 valence electrons. The van der Waals surface area contributed by atoms with E-state index < -0.39 is 11.7 Å². The Morgan fingerprint density at radius 1 is 1.17 bits per heavy atom. The first-order valence-electron chi connectivity index (χ1n) is 8.77. The van der Waals surface area contributed by atoms with Crippen LogP contribution in [0.5, 0.6) is 0 Å². The molecule has 0 spiro atoms. The molecule has 0 aliphatic carbocycles. The number of aromatic nitrogens is 2. The fraction of sp³-hybridized carbons (Fsp3) is 0.250. The molecule has 1 heterocycles. The first-order chi connectivity index (χ1) is 13.7. The van der Waals surface area contributed by atoms with E-state index in [-0.39, 0.29) is 47.9 Å². The molecule has 1 atom stereocenters. The zero-order valence-corrected chi connectivity index (χ0v) is 15.3. The van der Waals surface area contributed by atoms with E-state index in [0.717, 1.165) is 17.7 Å². The Balaban J connectivity index is 1.58. The number of aryl methyl sites for hydroxylation is 1. The summed E-state index contributed by atoms with van der Waals surface area (Å²) in [5.41, 5.74) is 0.115. The summed E-state index contributed by atoms with van der Waals surface area (Å²) >= 11 is 0. The van der Waals surface area contributed by atoms with Crippen LogP contribution in [0.3, 0.4) is 0 Å². The lowest BCUT2D eigenvalue weighted by Gasteiger charge is -2.13. The first kappa shape index (κ1) is 20.5. The normalized spacial score (nSPS) is 12.6. The van der Waals surface area contributed by atoms with Gasteiger partial charge >= 0.3 is 6.18 Å². The molecular weight excluding hydrogens is 390 g/mol. The lowest BCUT2D eigenvalue weighted by molar-refractivity contribution is -0.137. The number of hydrogen-bond donors (Lipinski definition) is 1. The van der Waals surface area contributed by atoms with E-state index in [4.69, 9.17) is 4.52 Å². The molecule has 5 nitrogen and oxygen atoms in total. The number of hydrogen-bond acceptors (Lipinski definition) is 4. The van der Waals surface area contributed by atoms with Crippen molar-refractivity contribution in [3.63, 3.8) is 0 Å². The summed E-state index contributed by atoms with van der Waals surface area (Å²) in [6.45, 7) is 1.77. The third-order valence-corrected chi connectivity index (χ3v) is 4.23. The average molecular weight is 407 g/mol. The number of halogens is 4. The number of rotatable bonds is 6. The minimum atomic E-state index is -4.47. The van der Waals surface area contributed by atoms with Crippen LogP contribution < -0.4 is 5.32 Å². The van der Waals surface area contributed by atoms with Gasteiger partial charge in [-0.25, -0.2) is 4.39 Å². The second-order valence-corrected chi connectivity index (χ2v) is 6.43. The van der Waals surface area contributed by atoms with Gasteiger partial charge in [-0.3, -0.25) is 4.79 Å². The van der Waals surface area contributed by atoms with E-state index in [0.29, 0.717) is 0 Å². The highest BCUT2D eigenvalue weighted by atomic mass is 19.4. The van der Waals surface area contributed by atoms with Crippen LogP contribution >= 0.6 is 0 Å². The van der Waals surface area contributed by atoms with E-state index in [2.05, 4.69) is 15.5 Å². The number of nitrogens with zero attached hydrogens (tertiary/aromatic N) is 2. The van der Waals surface area contributed by atoms with Crippen molar-refractivity contribution in [2.75, 3.05) is 0 Å². The van der Waals surface area contributed by atoms with Crippen molar-refractivity contribution in [3.05, 3.63) is 71.4 Å². The standard InChI is InChI=1S/C20H17F4N3O2/c1-12(13-5-7-16(21)8-6-13)25-17(28)9-10-18-26-19(27-29-18)14-3-2-4-15(11-14)20(22,23)24/h2-8,11-12H,9-10H2,1H3,(H,25,28)/t12-/m1/s1. The van der Waals surface area contributed by atoms with Gasteiger partial charge in [0, 0.05) is 18.4 Å². The van der Waals surface area contributed by atoms with E-state index in [1.807, 2.05) is 0 Å². The molecule has 1 N–H and O–H groups in total. The van der Waals surface area contributed by atoms with E-state index in [1.54, 1.807) is 19.1 Å². The maximum Gasteiger partial charge on any atom is 0.416 e. The van der Waals surface area contributed by atoms with E-state index in [9.17, 15) is 22.4 Å². The van der Waals surface area contributed by atoms with Gasteiger partial charge in [0.05, 0.1) is 11.6 Å². The van der Waals surface area contributed by atoms with Gasteiger partial charge in [-0.15, -0.1) is 0 Å². The van der Waals surface area contributed by atoms with Crippen LogP contribution in [-0.4, -0.2) is 16.0 Å². The number of nitrogens with one attached hydrogen (secondary N) is 1. The lowest BCUT2D eigenvalue weighted by atomic mass is 10.1. The molecular formula is C20H17F4N3O2. The maximum absolute atomic E-state index is 13.0. The van der Waals surface area contributed by atoms with Crippen molar-refractivity contribution < 1.29 is 26.9 Å². The third-order valence-electron chi connectivity index (χ3n) is 4.23. The van der Waals surface area contributed by atoms with Crippen LogP contribution in [0.4, 0.5) is 17.6 Å². The molecule has 3 rings (SSSR count). The van der Waals surface area contributed by atoms with Gasteiger partial charge in [0.2, 0.25) is 17.6 Å². The van der Waals surface area contributed by atoms with Gasteiger partial charge < -0.3 is 9.84 Å². The summed E-state index contributed by atoms with van der Waals surface area (Å²) < 4.78 is 56.4. The fourth-order valence-corrected chi connectivity index (χ4v) is 2.68. The van der Waals surface area contributed by atoms with E-state index >= 15 is 0 Å². The summed E-state index contributed by atoms with van der Waals surface area (Å²) in [6, 6.07) is 10.1. The largest absolute Gasteiger partial charge is 0.416 e. The van der Waals surface area contributed by atoms with Crippen LogP contribution in [0.1, 0.15) is 36.4 Å². The van der Waals surface area contributed by atoms with Crippen LogP contribution in [0, 0.1) is 5.82 Å². The second kappa shape index (κ2) is 8.42. The quantitative estimate of drug-likeness (QED) is 0.602. The Morgan fingerprint density at radius 2 is 1.90 bits per heavy atom. The van der Waals surface area contributed by atoms with Crippen molar-refractivity contribution in [1.29, 1.82) is 0 Å². The molecule has 9 heteroatoms. The monoisotopic (exact) mass is 407 g/mol. The molecule has 2 aromatic carbocycles. The van der Waals surface area contributed by atoms with E-state index in [1.165, 1.54) is 24.3 Å². The molecule has 1 amide bonds. The number of alkyl halides is 3. The summed E-state index contributed by atoms with van der Waals surface area (Å²) in [5, 5.41) is 6.46. The fourth-order valence-electron chi connectivity index (χ4n) is 2.68. The molecule has 0 radical (unpaired) electrons. The molecule has 0 aliphatic rings. The Morgan fingerprint density at radius 3 is 2.59 bits per heavy atom. The van der Waals surface area contributed by atoms with Gasteiger partial charge in [-0.1, -0.05) is 29.4 Å². The van der Waals surface area contributed by atoms with Crippen LogP contribution in [0.25, 0.3) is 11.4 Å². The zero-order valence-electron chi connectivity index (χ0n) is 15.3. The van der Waals surface area contributed by atoms with Crippen molar-refractivity contribution in [3.8, 4) is 11.4 Å². The SMILES string of the molecule is C[C@@H](NC(=O)CCc1nc(-c2cccc(C(F)(F)F)c2)no1)c1ccc(F)cc1. The average Bonchev–Trinajstić information content (AvgIpc) is 3.15. The Hall–Kier alpha value is -3.23. The highest BCUT2D eigenvalue weighted by Crippen LogP contribution is 2.31. The Bertz CT molecular complexity index is 984. The molecule has 0 aliphatic heterocycles. The minimum absolute atomic E-state index is 0.0196. The maximum atomic E-state index is 13.0. The van der Waals surface area contributed by atoms with Crippen LogP contribution in [0.2, 0.25) is 0 Å². The van der Waals surface area contributed by atoms with Crippen molar-refractivity contribution in [1.82, 2.24) is 15.5 Å². The van der Waals surface area contributed by atoms with Crippen LogP contribution in [0.15, 0.2) is 53.1 Å². The minimum Gasteiger partial charge on any atom is -0.350 e. The van der Waals surface area contributed by atoms with Crippen molar-refractivity contribution >= 4 is 5.91 Å². The predicted molar refractivity (Wildman–Crippen MR) is 96.0 cm³/mol. The van der Waals surface area contributed by atoms with Gasteiger partial charge in [0.1, 0.15) is 5.82 Å². The first-order valence-corrected chi connectivity index (χ1v) is 8.77. The number of carbonyl (C=O) groups is 1. The molecule has 0 fully saturated rings. The van der Waals surface area contributed by atoms with Crippen molar-refractivity contribution in [2.45, 2.75) is 32.0 Å². The van der Waals surface area contributed by atoms with Crippen LogP contribution in [-0.2, 0) is 17.4 Å². The smallest absolute Gasteiger partial charge is 0.350 e. The summed E-state index contributed by atoms with van der Waals surface area (Å²) in [4.78, 5) is 16.2. The molecule has 29 heavy (non-hydrogen) atoms. The predicted octanol–water partition coefficient (Wildman–Crippen LogP) is 4.70. The summed E-state index contributed by atoms with van der Waals surface area (Å²) in [7, 11) is 0. The summed E-state index contributed by atoms with van der Waals surface area (Å²) in [5.74, 6) is -0.478. The Kier molecular flexibility index (Phi) is 5.95. The molecule has 0 saturated carbocycles. The Labute approximate surface area is 163 Å². The molecule has 0 bridgehead atoms. The van der Waals surface area contributed by atoms with Gasteiger partial charge in [0.25, 0.3) is 0 Å². The highest BCUT2D eigenvalue weighted by molar-refractivity contribution is 5.76. The molecule has 1 aromatic heterocycles. The summed E-state index contributed by atoms with van der Waals surface area (Å²) in [6.07, 6.45) is -4.29. The number of carbonyl (C=O) groups excluding carboxylic acids is 1. The number of amides is 1. The van der Waals surface area contributed by atoms with Gasteiger partial charge in [0.15, 0.2) is 0 Å². The second-order valence-electron chi connectivity index (χ2n) is 6.43. The topological polar surface area (TPSA) is 68.0 Å². The van der Waals surface area contributed by atoms with Gasteiger partial charge in [-0.05, 0) is 36.8 Å². The zero-order chi connectivity index (χ0) is 21.0. The van der Waals surface area contributed by atoms with Crippen molar-refractivity contribution in [2.24, 2.45) is 0 Å². The highest BCUT2D eigenvalue weighted by Gasteiger charge is 2.30. The molecule has 0 saturated heterocycles. The number of benzene rings is 2. The molecule has 3 aromatic rings.